The van der Waals surface area contributed by atoms with Crippen LogP contribution in [0.3, 0.4) is 0 Å². The van der Waals surface area contributed by atoms with Crippen molar-refractivity contribution in [2.24, 2.45) is 0 Å². The summed E-state index contributed by atoms with van der Waals surface area (Å²) in [5, 5.41) is 24.8. The molecular weight excluding hydrogens is 497 g/mol. The molecule has 0 saturated heterocycles. The van der Waals surface area contributed by atoms with Gasteiger partial charge >= 0.3 is 17.9 Å². The summed E-state index contributed by atoms with van der Waals surface area (Å²) in [7, 11) is 0. The first-order chi connectivity index (χ1) is 14.3. The first-order valence-corrected chi connectivity index (χ1v) is 12.0. The van der Waals surface area contributed by atoms with Crippen LogP contribution < -0.4 is 0 Å². The Kier molecular flexibility index (Phi) is 41.2. The average Bonchev–Trinajstić information content (AvgIpc) is 2.68. The minimum Gasteiger partial charge on any atom is -0.481 e. The van der Waals surface area contributed by atoms with Crippen LogP contribution in [0, 0.1) is 0 Å². The SMILES string of the molecule is CCCCCCCC(=O)O.CCCCCCCC(=O)O.CCCCCCCC(=O)O.[Cd]. The van der Waals surface area contributed by atoms with Crippen LogP contribution in [-0.2, 0) is 41.7 Å². The van der Waals surface area contributed by atoms with Crippen LogP contribution in [0.15, 0.2) is 0 Å². The van der Waals surface area contributed by atoms with Gasteiger partial charge in [0.1, 0.15) is 0 Å². The Hall–Kier alpha value is -0.668. The van der Waals surface area contributed by atoms with E-state index in [1.54, 1.807) is 0 Å². The van der Waals surface area contributed by atoms with Crippen molar-refractivity contribution in [1.82, 2.24) is 0 Å². The Balaban J connectivity index is -0.000000174. The number of carbonyl (C=O) groups is 3. The summed E-state index contributed by atoms with van der Waals surface area (Å²) in [5.74, 6) is -2.01. The number of hydrogen-bond acceptors (Lipinski definition) is 3. The summed E-state index contributed by atoms with van der Waals surface area (Å²) >= 11 is 0. The minimum absolute atomic E-state index is 0. The zero-order valence-electron chi connectivity index (χ0n) is 20.5. The van der Waals surface area contributed by atoms with Gasteiger partial charge in [0.05, 0.1) is 0 Å². The maximum atomic E-state index is 10.0. The average molecular weight is 545 g/mol. The van der Waals surface area contributed by atoms with Gasteiger partial charge in [-0.3, -0.25) is 14.4 Å². The number of carboxylic acid groups (broad SMARTS) is 3. The molecule has 7 heteroatoms. The van der Waals surface area contributed by atoms with E-state index in [4.69, 9.17) is 15.3 Å². The fourth-order valence-corrected chi connectivity index (χ4v) is 2.64. The zero-order valence-corrected chi connectivity index (χ0v) is 24.5. The molecule has 0 rings (SSSR count). The number of unbranched alkanes of at least 4 members (excludes halogenated alkanes) is 12. The van der Waals surface area contributed by atoms with Crippen molar-refractivity contribution in [3.8, 4) is 0 Å². The van der Waals surface area contributed by atoms with Crippen molar-refractivity contribution in [2.75, 3.05) is 0 Å². The second kappa shape index (κ2) is 34.0. The van der Waals surface area contributed by atoms with Crippen molar-refractivity contribution in [3.05, 3.63) is 0 Å². The van der Waals surface area contributed by atoms with Crippen molar-refractivity contribution in [1.29, 1.82) is 0 Å². The standard InChI is InChI=1S/3C8H16O2.Cd/c3*1-2-3-4-5-6-7-8(9)10;/h3*2-7H2,1H3,(H,9,10);. The Labute approximate surface area is 210 Å². The van der Waals surface area contributed by atoms with Gasteiger partial charge in [0.15, 0.2) is 0 Å². The summed E-state index contributed by atoms with van der Waals surface area (Å²) in [5.41, 5.74) is 0. The Morgan fingerprint density at radius 2 is 0.613 bits per heavy atom. The second-order valence-electron chi connectivity index (χ2n) is 7.67. The molecule has 0 amide bonds. The minimum atomic E-state index is -0.670. The van der Waals surface area contributed by atoms with Gasteiger partial charge in [0.25, 0.3) is 0 Å². The quantitative estimate of drug-likeness (QED) is 0.123. The van der Waals surface area contributed by atoms with E-state index in [0.717, 1.165) is 38.5 Å². The van der Waals surface area contributed by atoms with Gasteiger partial charge < -0.3 is 15.3 Å². The molecule has 0 aromatic heterocycles. The number of rotatable bonds is 18. The van der Waals surface area contributed by atoms with Gasteiger partial charge in [-0.15, -0.1) is 0 Å². The Morgan fingerprint density at radius 1 is 0.419 bits per heavy atom. The van der Waals surface area contributed by atoms with E-state index in [0.29, 0.717) is 19.3 Å². The molecule has 6 nitrogen and oxygen atoms in total. The predicted molar refractivity (Wildman–Crippen MR) is 123 cm³/mol. The number of aliphatic carboxylic acids is 3. The Bertz CT molecular complexity index is 331. The van der Waals surface area contributed by atoms with Crippen molar-refractivity contribution >= 4 is 17.9 Å². The Morgan fingerprint density at radius 3 is 0.774 bits per heavy atom. The molecule has 0 fully saturated rings. The molecule has 0 atom stereocenters. The van der Waals surface area contributed by atoms with E-state index < -0.39 is 17.9 Å². The summed E-state index contributed by atoms with van der Waals surface area (Å²) in [4.78, 5) is 30.1. The van der Waals surface area contributed by atoms with Crippen LogP contribution in [0.25, 0.3) is 0 Å². The summed E-state index contributed by atoms with van der Waals surface area (Å²) in [6.45, 7) is 6.45. The van der Waals surface area contributed by atoms with E-state index >= 15 is 0 Å². The molecule has 0 aliphatic carbocycles. The van der Waals surface area contributed by atoms with Gasteiger partial charge in [-0.2, -0.15) is 0 Å². The molecule has 0 heterocycles. The van der Waals surface area contributed by atoms with Gasteiger partial charge in [0, 0.05) is 46.6 Å². The molecule has 0 aromatic carbocycles. The summed E-state index contributed by atoms with van der Waals surface area (Å²) < 4.78 is 0. The van der Waals surface area contributed by atoms with Crippen LogP contribution >= 0.6 is 0 Å². The molecule has 0 radical (unpaired) electrons. The largest absolute Gasteiger partial charge is 0.481 e. The van der Waals surface area contributed by atoms with Crippen LogP contribution in [0.5, 0.6) is 0 Å². The normalized spacial score (nSPS) is 9.39. The fourth-order valence-electron chi connectivity index (χ4n) is 2.64. The zero-order chi connectivity index (χ0) is 23.5. The molecule has 3 N–H and O–H groups in total. The summed E-state index contributed by atoms with van der Waals surface area (Å²) in [6, 6.07) is 0. The van der Waals surface area contributed by atoms with Gasteiger partial charge in [-0.1, -0.05) is 97.8 Å². The van der Waals surface area contributed by atoms with E-state index in [9.17, 15) is 14.4 Å². The molecule has 0 unspecified atom stereocenters. The molecule has 0 bridgehead atoms. The van der Waals surface area contributed by atoms with Crippen LogP contribution in [0.2, 0.25) is 0 Å². The van der Waals surface area contributed by atoms with E-state index in [2.05, 4.69) is 20.8 Å². The summed E-state index contributed by atoms with van der Waals surface area (Å²) in [6.07, 6.45) is 17.7. The maximum Gasteiger partial charge on any atom is 0.303 e. The molecule has 0 saturated carbocycles. The van der Waals surface area contributed by atoms with Crippen LogP contribution in [0.4, 0.5) is 0 Å². The first-order valence-electron chi connectivity index (χ1n) is 12.0. The monoisotopic (exact) mass is 546 g/mol. The molecular formula is C24H48CdO6. The molecule has 0 aromatic rings. The fraction of sp³-hybridized carbons (Fsp3) is 0.875. The van der Waals surface area contributed by atoms with E-state index in [1.807, 2.05) is 0 Å². The third-order valence-corrected chi connectivity index (χ3v) is 4.48. The van der Waals surface area contributed by atoms with Gasteiger partial charge in [0.2, 0.25) is 0 Å². The molecule has 0 spiro atoms. The molecule has 31 heavy (non-hydrogen) atoms. The van der Waals surface area contributed by atoms with E-state index in [-0.39, 0.29) is 27.3 Å². The third kappa shape index (κ3) is 53.0. The van der Waals surface area contributed by atoms with Gasteiger partial charge in [-0.05, 0) is 19.3 Å². The molecule has 0 aliphatic heterocycles. The molecule has 182 valence electrons. The van der Waals surface area contributed by atoms with Gasteiger partial charge in [-0.25, -0.2) is 0 Å². The van der Waals surface area contributed by atoms with Crippen LogP contribution in [0.1, 0.15) is 136 Å². The maximum absolute atomic E-state index is 10.0. The third-order valence-electron chi connectivity index (χ3n) is 4.48. The number of hydrogen-bond donors (Lipinski definition) is 3. The first kappa shape index (κ1) is 37.6. The van der Waals surface area contributed by atoms with Crippen LogP contribution in [-0.4, -0.2) is 33.2 Å². The van der Waals surface area contributed by atoms with Crippen molar-refractivity contribution < 1.29 is 57.0 Å². The van der Waals surface area contributed by atoms with E-state index in [1.165, 1.54) is 57.8 Å². The topological polar surface area (TPSA) is 112 Å². The van der Waals surface area contributed by atoms with Crippen molar-refractivity contribution in [2.45, 2.75) is 136 Å². The number of carboxylic acids is 3. The second-order valence-corrected chi connectivity index (χ2v) is 7.67. The molecule has 0 aliphatic rings. The van der Waals surface area contributed by atoms with Crippen molar-refractivity contribution in [3.63, 3.8) is 0 Å². The predicted octanol–water partition coefficient (Wildman–Crippen LogP) is 7.29. The smallest absolute Gasteiger partial charge is 0.303 e.